The average molecular weight is 178 g/mol. The Morgan fingerprint density at radius 2 is 1.50 bits per heavy atom. The van der Waals surface area contributed by atoms with Crippen LogP contribution in [0.25, 0.3) is 0 Å². The molecule has 12 heavy (non-hydrogen) atoms. The molecule has 0 spiro atoms. The summed E-state index contributed by atoms with van der Waals surface area (Å²) in [7, 11) is 0.233. The second-order valence-corrected chi connectivity index (χ2v) is 5.87. The summed E-state index contributed by atoms with van der Waals surface area (Å²) in [5.74, 6) is 0. The van der Waals surface area contributed by atoms with E-state index in [0.717, 1.165) is 0 Å². The van der Waals surface area contributed by atoms with E-state index < -0.39 is 0 Å². The minimum absolute atomic E-state index is 0.233. The van der Waals surface area contributed by atoms with E-state index >= 15 is 0 Å². The third kappa shape index (κ3) is 1.87. The molecule has 0 N–H and O–H groups in total. The van der Waals surface area contributed by atoms with E-state index in [4.69, 9.17) is 0 Å². The molecule has 0 radical (unpaired) electrons. The van der Waals surface area contributed by atoms with Crippen LogP contribution in [0.3, 0.4) is 0 Å². The molecule has 64 valence electrons. The molecule has 1 aromatic carbocycles. The molecule has 1 aliphatic heterocycles. The number of rotatable bonds is 1. The molecule has 0 saturated carbocycles. The Labute approximate surface area is 75.7 Å². The Bertz CT molecular complexity index is 224. The van der Waals surface area contributed by atoms with Crippen molar-refractivity contribution in [3.63, 3.8) is 0 Å². The minimum Gasteiger partial charge on any atom is -0.0753 e. The average Bonchev–Trinajstić information content (AvgIpc) is 2.21. The van der Waals surface area contributed by atoms with Gasteiger partial charge in [0.1, 0.15) is 0 Å². The molecule has 0 amide bonds. The van der Waals surface area contributed by atoms with Crippen LogP contribution in [0, 0.1) is 0 Å². The summed E-state index contributed by atoms with van der Waals surface area (Å²) in [6.45, 7) is 0. The van der Waals surface area contributed by atoms with Gasteiger partial charge in [-0.1, -0.05) is 44.7 Å². The molecule has 1 saturated heterocycles. The van der Waals surface area contributed by atoms with Gasteiger partial charge >= 0.3 is 0 Å². The van der Waals surface area contributed by atoms with E-state index in [1.54, 1.807) is 5.30 Å². The monoisotopic (exact) mass is 178 g/mol. The van der Waals surface area contributed by atoms with Crippen LogP contribution in [0.15, 0.2) is 30.3 Å². The van der Waals surface area contributed by atoms with Crippen molar-refractivity contribution in [3.05, 3.63) is 30.3 Å². The molecule has 0 atom stereocenters. The minimum atomic E-state index is 0.233. The highest BCUT2D eigenvalue weighted by Crippen LogP contribution is 2.40. The van der Waals surface area contributed by atoms with E-state index in [2.05, 4.69) is 30.3 Å². The highest BCUT2D eigenvalue weighted by molar-refractivity contribution is 7.65. The third-order valence-corrected chi connectivity index (χ3v) is 5.22. The van der Waals surface area contributed by atoms with E-state index in [1.807, 2.05) is 0 Å². The quantitative estimate of drug-likeness (QED) is 0.580. The van der Waals surface area contributed by atoms with E-state index in [-0.39, 0.29) is 7.92 Å². The van der Waals surface area contributed by atoms with E-state index in [0.29, 0.717) is 0 Å². The van der Waals surface area contributed by atoms with Crippen molar-refractivity contribution in [1.82, 2.24) is 0 Å². The first-order valence-corrected chi connectivity index (χ1v) is 6.48. The maximum Gasteiger partial charge on any atom is -0.0240 e. The van der Waals surface area contributed by atoms with Crippen LogP contribution in [0.2, 0.25) is 0 Å². The molecule has 1 fully saturated rings. The Kier molecular flexibility index (Phi) is 2.79. The van der Waals surface area contributed by atoms with Crippen LogP contribution < -0.4 is 5.30 Å². The molecule has 1 aromatic rings. The maximum atomic E-state index is 2.30. The second kappa shape index (κ2) is 4.05. The Morgan fingerprint density at radius 1 is 0.833 bits per heavy atom. The van der Waals surface area contributed by atoms with Gasteiger partial charge in [0.2, 0.25) is 0 Å². The van der Waals surface area contributed by atoms with Crippen molar-refractivity contribution in [1.29, 1.82) is 0 Å². The molecule has 0 aliphatic carbocycles. The van der Waals surface area contributed by atoms with Gasteiger partial charge in [0.05, 0.1) is 0 Å². The number of hydrogen-bond donors (Lipinski definition) is 0. The maximum absolute atomic E-state index is 2.30. The zero-order chi connectivity index (χ0) is 8.23. The highest BCUT2D eigenvalue weighted by Gasteiger charge is 2.13. The molecular weight excluding hydrogens is 163 g/mol. The molecule has 0 nitrogen and oxygen atoms in total. The van der Waals surface area contributed by atoms with Gasteiger partial charge in [0, 0.05) is 0 Å². The van der Waals surface area contributed by atoms with Gasteiger partial charge in [-0.2, -0.15) is 0 Å². The summed E-state index contributed by atoms with van der Waals surface area (Å²) >= 11 is 0. The first-order chi connectivity index (χ1) is 5.97. The number of hydrogen-bond acceptors (Lipinski definition) is 0. The van der Waals surface area contributed by atoms with Crippen molar-refractivity contribution in [2.45, 2.75) is 19.3 Å². The van der Waals surface area contributed by atoms with Gasteiger partial charge < -0.3 is 0 Å². The first kappa shape index (κ1) is 8.26. The van der Waals surface area contributed by atoms with Crippen molar-refractivity contribution in [3.8, 4) is 0 Å². The fourth-order valence-electron chi connectivity index (χ4n) is 1.79. The lowest BCUT2D eigenvalue weighted by atomic mass is 10.3. The topological polar surface area (TPSA) is 0 Å². The fourth-order valence-corrected chi connectivity index (χ4v) is 4.34. The van der Waals surface area contributed by atoms with Crippen molar-refractivity contribution in [2.75, 3.05) is 12.3 Å². The second-order valence-electron chi connectivity index (χ2n) is 3.38. The van der Waals surface area contributed by atoms with Crippen molar-refractivity contribution < 1.29 is 0 Å². The fraction of sp³-hybridized carbons (Fsp3) is 0.455. The standard InChI is InChI=1S/C11H15P/c1-3-7-11(8-4-1)12-9-5-2-6-10-12/h1,3-4,7-8H,2,5-6,9-10H2. The van der Waals surface area contributed by atoms with Gasteiger partial charge in [-0.25, -0.2) is 0 Å². The van der Waals surface area contributed by atoms with Crippen LogP contribution in [0.1, 0.15) is 19.3 Å². The largest absolute Gasteiger partial charge is 0.0753 e. The molecule has 1 aliphatic rings. The normalized spacial score (nSPS) is 19.3. The number of benzene rings is 1. The summed E-state index contributed by atoms with van der Waals surface area (Å²) in [5, 5.41) is 1.62. The van der Waals surface area contributed by atoms with Crippen LogP contribution >= 0.6 is 7.92 Å². The Morgan fingerprint density at radius 3 is 2.17 bits per heavy atom. The van der Waals surface area contributed by atoms with Crippen molar-refractivity contribution >= 4 is 13.2 Å². The summed E-state index contributed by atoms with van der Waals surface area (Å²) < 4.78 is 0. The lowest BCUT2D eigenvalue weighted by molar-refractivity contribution is 0.755. The summed E-state index contributed by atoms with van der Waals surface area (Å²) in [5.41, 5.74) is 0. The van der Waals surface area contributed by atoms with Gasteiger partial charge in [-0.3, -0.25) is 0 Å². The lowest BCUT2D eigenvalue weighted by Gasteiger charge is -2.22. The van der Waals surface area contributed by atoms with Gasteiger partial charge in [-0.05, 0) is 30.5 Å². The molecule has 2 rings (SSSR count). The van der Waals surface area contributed by atoms with Crippen LogP contribution in [-0.2, 0) is 0 Å². The summed E-state index contributed by atoms with van der Waals surface area (Å²) in [4.78, 5) is 0. The van der Waals surface area contributed by atoms with E-state index in [9.17, 15) is 0 Å². The highest BCUT2D eigenvalue weighted by atomic mass is 31.1. The molecule has 0 aromatic heterocycles. The van der Waals surface area contributed by atoms with Gasteiger partial charge in [0.25, 0.3) is 0 Å². The Hall–Kier alpha value is -0.350. The predicted molar refractivity (Wildman–Crippen MR) is 56.6 cm³/mol. The van der Waals surface area contributed by atoms with E-state index in [1.165, 1.54) is 31.6 Å². The molecule has 0 unspecified atom stereocenters. The first-order valence-electron chi connectivity index (χ1n) is 4.77. The summed E-state index contributed by atoms with van der Waals surface area (Å²) in [6, 6.07) is 11.1. The molecule has 0 bridgehead atoms. The zero-order valence-electron chi connectivity index (χ0n) is 7.37. The third-order valence-electron chi connectivity index (χ3n) is 2.48. The SMILES string of the molecule is c1ccc(P2CCCCC2)cc1. The molecule has 1 heterocycles. The molecule has 1 heteroatoms. The molecular formula is C11H15P. The van der Waals surface area contributed by atoms with Crippen LogP contribution in [-0.4, -0.2) is 12.3 Å². The lowest BCUT2D eigenvalue weighted by Crippen LogP contribution is -2.09. The Balaban J connectivity index is 2.08. The zero-order valence-corrected chi connectivity index (χ0v) is 8.26. The van der Waals surface area contributed by atoms with Gasteiger partial charge in [0.15, 0.2) is 0 Å². The van der Waals surface area contributed by atoms with Crippen molar-refractivity contribution in [2.24, 2.45) is 0 Å². The predicted octanol–water partition coefficient (Wildman–Crippen LogP) is 2.98. The smallest absolute Gasteiger partial charge is 0.0240 e. The van der Waals surface area contributed by atoms with Gasteiger partial charge in [-0.15, -0.1) is 0 Å². The summed E-state index contributed by atoms with van der Waals surface area (Å²) in [6.07, 6.45) is 7.32. The van der Waals surface area contributed by atoms with Crippen LogP contribution in [0.4, 0.5) is 0 Å². The van der Waals surface area contributed by atoms with Crippen LogP contribution in [0.5, 0.6) is 0 Å².